The van der Waals surface area contributed by atoms with Gasteiger partial charge in [0.1, 0.15) is 11.4 Å². The maximum atomic E-state index is 13.0. The Hall–Kier alpha value is -2.76. The smallest absolute Gasteiger partial charge is 0.257 e. The second-order valence-electron chi connectivity index (χ2n) is 5.09. The number of halogens is 1. The van der Waals surface area contributed by atoms with Gasteiger partial charge in [0.05, 0.1) is 11.7 Å². The Labute approximate surface area is 126 Å². The van der Waals surface area contributed by atoms with E-state index < -0.39 is 0 Å². The minimum Gasteiger partial charge on any atom is -0.345 e. The van der Waals surface area contributed by atoms with Crippen molar-refractivity contribution in [3.8, 4) is 0 Å². The molecule has 0 radical (unpaired) electrons. The molecule has 0 fully saturated rings. The lowest BCUT2D eigenvalue weighted by atomic mass is 10.1. The Bertz CT molecular complexity index is 826. The summed E-state index contributed by atoms with van der Waals surface area (Å²) < 4.78 is 14.5. The number of hydrogen-bond acceptors (Lipinski definition) is 3. The van der Waals surface area contributed by atoms with Crippen molar-refractivity contribution in [1.82, 2.24) is 19.9 Å². The van der Waals surface area contributed by atoms with Gasteiger partial charge in [0.25, 0.3) is 5.91 Å². The van der Waals surface area contributed by atoms with Gasteiger partial charge < -0.3 is 5.32 Å². The average Bonchev–Trinajstić information content (AvgIpc) is 2.83. The van der Waals surface area contributed by atoms with Crippen LogP contribution < -0.4 is 5.32 Å². The Morgan fingerprint density at radius 2 is 2.05 bits per heavy atom. The van der Waals surface area contributed by atoms with Crippen LogP contribution in [0.2, 0.25) is 0 Å². The largest absolute Gasteiger partial charge is 0.345 e. The molecule has 0 saturated carbocycles. The van der Waals surface area contributed by atoms with Crippen LogP contribution in [0.5, 0.6) is 0 Å². The molecule has 0 bridgehead atoms. The first kappa shape index (κ1) is 14.2. The number of benzene rings is 1. The monoisotopic (exact) mass is 298 g/mol. The lowest BCUT2D eigenvalue weighted by Crippen LogP contribution is -2.27. The Kier molecular flexibility index (Phi) is 3.58. The standard InChI is InChI=1S/C16H15FN4O/c1-10(12-4-6-13(17)7-5-12)19-16(22)14-11(2)20-21-9-3-8-18-15(14)21/h3-10H,1-2H3,(H,19,22). The summed E-state index contributed by atoms with van der Waals surface area (Å²) in [6.07, 6.45) is 3.37. The van der Waals surface area contributed by atoms with E-state index in [1.54, 1.807) is 42.0 Å². The van der Waals surface area contributed by atoms with Crippen LogP contribution in [0.15, 0.2) is 42.7 Å². The van der Waals surface area contributed by atoms with Crippen LogP contribution in [-0.2, 0) is 0 Å². The molecule has 1 N–H and O–H groups in total. The summed E-state index contributed by atoms with van der Waals surface area (Å²) >= 11 is 0. The summed E-state index contributed by atoms with van der Waals surface area (Å²) in [6.45, 7) is 3.62. The van der Waals surface area contributed by atoms with Crippen molar-refractivity contribution in [1.29, 1.82) is 0 Å². The molecule has 0 aliphatic heterocycles. The summed E-state index contributed by atoms with van der Waals surface area (Å²) in [5, 5.41) is 7.17. The molecule has 1 amide bonds. The predicted octanol–water partition coefficient (Wildman–Crippen LogP) is 2.67. The van der Waals surface area contributed by atoms with Crippen LogP contribution in [0, 0.1) is 12.7 Å². The van der Waals surface area contributed by atoms with Crippen molar-refractivity contribution in [3.05, 3.63) is 65.4 Å². The Morgan fingerprint density at radius 3 is 2.77 bits per heavy atom. The number of hydrogen-bond donors (Lipinski definition) is 1. The number of rotatable bonds is 3. The first-order chi connectivity index (χ1) is 10.6. The number of nitrogens with one attached hydrogen (secondary N) is 1. The van der Waals surface area contributed by atoms with E-state index in [4.69, 9.17) is 0 Å². The van der Waals surface area contributed by atoms with Gasteiger partial charge in [-0.25, -0.2) is 13.9 Å². The zero-order chi connectivity index (χ0) is 15.7. The number of aromatic nitrogens is 3. The fourth-order valence-electron chi connectivity index (χ4n) is 2.37. The van der Waals surface area contributed by atoms with Crippen molar-refractivity contribution in [2.75, 3.05) is 0 Å². The molecule has 1 unspecified atom stereocenters. The van der Waals surface area contributed by atoms with E-state index in [1.165, 1.54) is 12.1 Å². The van der Waals surface area contributed by atoms with Gasteiger partial charge in [-0.3, -0.25) is 4.79 Å². The molecule has 2 heterocycles. The molecule has 0 aliphatic rings. The summed E-state index contributed by atoms with van der Waals surface area (Å²) in [6, 6.07) is 7.57. The lowest BCUT2D eigenvalue weighted by molar-refractivity contribution is 0.0940. The van der Waals surface area contributed by atoms with Crippen molar-refractivity contribution in [2.24, 2.45) is 0 Å². The maximum absolute atomic E-state index is 13.0. The molecule has 6 heteroatoms. The normalized spacial score (nSPS) is 12.3. The third kappa shape index (κ3) is 2.55. The number of nitrogens with zero attached hydrogens (tertiary/aromatic N) is 3. The second-order valence-corrected chi connectivity index (χ2v) is 5.09. The number of amides is 1. The Balaban J connectivity index is 1.87. The van der Waals surface area contributed by atoms with Crippen molar-refractivity contribution in [3.63, 3.8) is 0 Å². The average molecular weight is 298 g/mol. The van der Waals surface area contributed by atoms with Gasteiger partial charge >= 0.3 is 0 Å². The first-order valence-corrected chi connectivity index (χ1v) is 6.92. The molecule has 112 valence electrons. The molecule has 3 aromatic rings. The van der Waals surface area contributed by atoms with Gasteiger partial charge in [0.2, 0.25) is 0 Å². The highest BCUT2D eigenvalue weighted by Gasteiger charge is 2.20. The minimum atomic E-state index is -0.301. The van der Waals surface area contributed by atoms with Crippen molar-refractivity contribution in [2.45, 2.75) is 19.9 Å². The summed E-state index contributed by atoms with van der Waals surface area (Å²) in [5.41, 5.74) is 2.41. The molecule has 2 aromatic heterocycles. The fraction of sp³-hybridized carbons (Fsp3) is 0.188. The van der Waals surface area contributed by atoms with E-state index in [0.29, 0.717) is 16.9 Å². The Morgan fingerprint density at radius 1 is 1.32 bits per heavy atom. The highest BCUT2D eigenvalue weighted by molar-refractivity contribution is 6.01. The summed E-state index contributed by atoms with van der Waals surface area (Å²) in [4.78, 5) is 16.7. The van der Waals surface area contributed by atoms with E-state index in [9.17, 15) is 9.18 Å². The quantitative estimate of drug-likeness (QED) is 0.808. The van der Waals surface area contributed by atoms with Gasteiger partial charge in [-0.15, -0.1) is 0 Å². The van der Waals surface area contributed by atoms with Crippen molar-refractivity contribution >= 4 is 11.6 Å². The van der Waals surface area contributed by atoms with Crippen LogP contribution in [-0.4, -0.2) is 20.5 Å². The topological polar surface area (TPSA) is 59.3 Å². The molecule has 0 saturated heterocycles. The number of aryl methyl sites for hydroxylation is 1. The summed E-state index contributed by atoms with van der Waals surface area (Å²) in [7, 11) is 0. The molecular weight excluding hydrogens is 283 g/mol. The number of carbonyl (C=O) groups is 1. The molecule has 0 spiro atoms. The van der Waals surface area contributed by atoms with Gasteiger partial charge in [0.15, 0.2) is 5.65 Å². The zero-order valence-electron chi connectivity index (χ0n) is 12.2. The van der Waals surface area contributed by atoms with Crippen LogP contribution in [0.4, 0.5) is 4.39 Å². The van der Waals surface area contributed by atoms with Gasteiger partial charge in [0, 0.05) is 12.4 Å². The molecule has 1 aromatic carbocycles. The molecule has 5 nitrogen and oxygen atoms in total. The van der Waals surface area contributed by atoms with Crippen LogP contribution in [0.3, 0.4) is 0 Å². The highest BCUT2D eigenvalue weighted by atomic mass is 19.1. The van der Waals surface area contributed by atoms with E-state index in [0.717, 1.165) is 5.56 Å². The maximum Gasteiger partial charge on any atom is 0.257 e. The number of carbonyl (C=O) groups excluding carboxylic acids is 1. The van der Waals surface area contributed by atoms with E-state index in [-0.39, 0.29) is 17.8 Å². The predicted molar refractivity (Wildman–Crippen MR) is 80.0 cm³/mol. The van der Waals surface area contributed by atoms with E-state index in [1.807, 2.05) is 6.92 Å². The van der Waals surface area contributed by atoms with Crippen LogP contribution in [0.25, 0.3) is 5.65 Å². The third-order valence-electron chi connectivity index (χ3n) is 3.51. The molecule has 3 rings (SSSR count). The molecular formula is C16H15FN4O. The minimum absolute atomic E-state index is 0.244. The molecule has 0 aliphatic carbocycles. The van der Waals surface area contributed by atoms with E-state index >= 15 is 0 Å². The van der Waals surface area contributed by atoms with Crippen LogP contribution >= 0.6 is 0 Å². The van der Waals surface area contributed by atoms with Crippen molar-refractivity contribution < 1.29 is 9.18 Å². The molecule has 1 atom stereocenters. The van der Waals surface area contributed by atoms with Gasteiger partial charge in [-0.2, -0.15) is 5.10 Å². The summed E-state index contributed by atoms with van der Waals surface area (Å²) in [5.74, 6) is -0.548. The number of fused-ring (bicyclic) bond motifs is 1. The zero-order valence-corrected chi connectivity index (χ0v) is 12.2. The first-order valence-electron chi connectivity index (χ1n) is 6.92. The van der Waals surface area contributed by atoms with Gasteiger partial charge in [-0.1, -0.05) is 12.1 Å². The molecule has 22 heavy (non-hydrogen) atoms. The SMILES string of the molecule is Cc1nn2cccnc2c1C(=O)NC(C)c1ccc(F)cc1. The van der Waals surface area contributed by atoms with Gasteiger partial charge in [-0.05, 0) is 37.6 Å². The van der Waals surface area contributed by atoms with E-state index in [2.05, 4.69) is 15.4 Å². The lowest BCUT2D eigenvalue weighted by Gasteiger charge is -2.14. The third-order valence-corrected chi connectivity index (χ3v) is 3.51. The van der Waals surface area contributed by atoms with Crippen LogP contribution in [0.1, 0.15) is 34.6 Å². The fourth-order valence-corrected chi connectivity index (χ4v) is 2.37. The highest BCUT2D eigenvalue weighted by Crippen LogP contribution is 2.17. The second kappa shape index (κ2) is 5.55.